The van der Waals surface area contributed by atoms with E-state index >= 15 is 0 Å². The van der Waals surface area contributed by atoms with E-state index in [1.165, 1.54) is 15.6 Å². The number of aliphatic hydroxyl groups excluding tert-OH is 1. The van der Waals surface area contributed by atoms with Crippen molar-refractivity contribution in [1.29, 1.82) is 0 Å². The molecule has 0 heterocycles. The summed E-state index contributed by atoms with van der Waals surface area (Å²) < 4.78 is 1.17. The summed E-state index contributed by atoms with van der Waals surface area (Å²) in [5.41, 5.74) is 2.54. The van der Waals surface area contributed by atoms with Crippen LogP contribution in [-0.4, -0.2) is 11.7 Å². The van der Waals surface area contributed by atoms with Crippen molar-refractivity contribution >= 4 is 15.9 Å². The van der Waals surface area contributed by atoms with Crippen molar-refractivity contribution in [2.75, 3.05) is 6.61 Å². The van der Waals surface area contributed by atoms with E-state index in [9.17, 15) is 0 Å². The van der Waals surface area contributed by atoms with Crippen molar-refractivity contribution in [2.24, 2.45) is 0 Å². The first-order chi connectivity index (χ1) is 6.27. The number of aryl methyl sites for hydroxylation is 1. The molecule has 0 aromatic heterocycles. The summed E-state index contributed by atoms with van der Waals surface area (Å²) in [5.74, 6) is 0. The average Bonchev–Trinajstić information content (AvgIpc) is 2.10. The van der Waals surface area contributed by atoms with E-state index in [2.05, 4.69) is 41.1 Å². The van der Waals surface area contributed by atoms with Gasteiger partial charge in [-0.3, -0.25) is 0 Å². The monoisotopic (exact) mass is 242 g/mol. The number of hydrogen-bond donors (Lipinski definition) is 1. The summed E-state index contributed by atoms with van der Waals surface area (Å²) >= 11 is 3.54. The molecule has 1 nitrogen and oxygen atoms in total. The molecule has 1 N–H and O–H groups in total. The lowest BCUT2D eigenvalue weighted by atomic mass is 10.1. The smallest absolute Gasteiger partial charge is 0.0471 e. The number of aliphatic hydroxyl groups is 1. The van der Waals surface area contributed by atoms with Crippen LogP contribution in [0.2, 0.25) is 0 Å². The lowest BCUT2D eigenvalue weighted by Gasteiger charge is -2.05. The van der Waals surface area contributed by atoms with Crippen molar-refractivity contribution < 1.29 is 5.11 Å². The molecule has 0 fully saturated rings. The first kappa shape index (κ1) is 10.7. The summed E-state index contributed by atoms with van der Waals surface area (Å²) in [6.45, 7) is 2.40. The zero-order valence-corrected chi connectivity index (χ0v) is 9.47. The summed E-state index contributed by atoms with van der Waals surface area (Å²) in [7, 11) is 0. The lowest BCUT2D eigenvalue weighted by molar-refractivity contribution is 0.299. The number of hydrogen-bond acceptors (Lipinski definition) is 1. The Bertz CT molecular complexity index is 271. The lowest BCUT2D eigenvalue weighted by Crippen LogP contribution is -1.92. The van der Waals surface area contributed by atoms with Gasteiger partial charge in [0.05, 0.1) is 0 Å². The minimum atomic E-state index is 0.222. The van der Waals surface area contributed by atoms with Gasteiger partial charge >= 0.3 is 0 Å². The molecular formula is C11H15BrO. The van der Waals surface area contributed by atoms with Gasteiger partial charge in [0.2, 0.25) is 0 Å². The van der Waals surface area contributed by atoms with Gasteiger partial charge in [-0.2, -0.15) is 0 Å². The Morgan fingerprint density at radius 1 is 1.31 bits per heavy atom. The van der Waals surface area contributed by atoms with Crippen LogP contribution in [0, 0.1) is 0 Å². The van der Waals surface area contributed by atoms with Gasteiger partial charge in [0.25, 0.3) is 0 Å². The second-order valence-corrected chi connectivity index (χ2v) is 4.00. The molecule has 0 aliphatic heterocycles. The largest absolute Gasteiger partial charge is 0.396 e. The summed E-state index contributed by atoms with van der Waals surface area (Å²) in [4.78, 5) is 0. The van der Waals surface area contributed by atoms with Crippen molar-refractivity contribution in [1.82, 2.24) is 0 Å². The van der Waals surface area contributed by atoms with Crippen LogP contribution in [0.1, 0.15) is 24.5 Å². The number of halogens is 1. The molecule has 0 saturated heterocycles. The van der Waals surface area contributed by atoms with Crippen LogP contribution in [0.25, 0.3) is 0 Å². The van der Waals surface area contributed by atoms with E-state index in [0.29, 0.717) is 0 Å². The zero-order chi connectivity index (χ0) is 9.68. The van der Waals surface area contributed by atoms with Crippen LogP contribution in [0.4, 0.5) is 0 Å². The predicted octanol–water partition coefficient (Wildman–Crippen LogP) is 2.94. The maximum absolute atomic E-state index is 8.77. The van der Waals surface area contributed by atoms with Crippen LogP contribution >= 0.6 is 15.9 Å². The second kappa shape index (κ2) is 5.40. The fourth-order valence-electron chi connectivity index (χ4n) is 1.35. The number of rotatable bonds is 4. The minimum Gasteiger partial charge on any atom is -0.396 e. The van der Waals surface area contributed by atoms with Crippen LogP contribution in [0.15, 0.2) is 22.7 Å². The Morgan fingerprint density at radius 3 is 2.62 bits per heavy atom. The SMILES string of the molecule is CCCc1ccc(CCO)cc1Br. The summed E-state index contributed by atoms with van der Waals surface area (Å²) in [6, 6.07) is 6.33. The zero-order valence-electron chi connectivity index (χ0n) is 7.89. The van der Waals surface area contributed by atoms with E-state index in [1.807, 2.05) is 0 Å². The molecule has 0 radical (unpaired) electrons. The van der Waals surface area contributed by atoms with E-state index in [-0.39, 0.29) is 6.61 Å². The Kier molecular flexibility index (Phi) is 4.46. The van der Waals surface area contributed by atoms with Gasteiger partial charge in [0.15, 0.2) is 0 Å². The fourth-order valence-corrected chi connectivity index (χ4v) is 1.97. The quantitative estimate of drug-likeness (QED) is 0.861. The van der Waals surface area contributed by atoms with Gasteiger partial charge in [-0.05, 0) is 30.0 Å². The standard InChI is InChI=1S/C11H15BrO/c1-2-3-10-5-4-9(6-7-13)8-11(10)12/h4-5,8,13H,2-3,6-7H2,1H3. The Hall–Kier alpha value is -0.340. The van der Waals surface area contributed by atoms with Gasteiger partial charge in [-0.1, -0.05) is 41.4 Å². The Balaban J connectivity index is 2.79. The normalized spacial score (nSPS) is 10.4. The molecule has 1 rings (SSSR count). The van der Waals surface area contributed by atoms with E-state index < -0.39 is 0 Å². The average molecular weight is 243 g/mol. The van der Waals surface area contributed by atoms with Crippen molar-refractivity contribution in [3.8, 4) is 0 Å². The molecule has 0 atom stereocenters. The second-order valence-electron chi connectivity index (χ2n) is 3.15. The molecule has 2 heteroatoms. The highest BCUT2D eigenvalue weighted by Gasteiger charge is 1.99. The predicted molar refractivity (Wildman–Crippen MR) is 58.9 cm³/mol. The Morgan fingerprint density at radius 2 is 2.08 bits per heavy atom. The van der Waals surface area contributed by atoms with Crippen molar-refractivity contribution in [3.05, 3.63) is 33.8 Å². The first-order valence-electron chi connectivity index (χ1n) is 4.66. The minimum absolute atomic E-state index is 0.222. The first-order valence-corrected chi connectivity index (χ1v) is 5.45. The maximum atomic E-state index is 8.77. The summed E-state index contributed by atoms with van der Waals surface area (Å²) in [5, 5.41) is 8.77. The molecule has 0 aliphatic rings. The molecule has 1 aromatic carbocycles. The van der Waals surface area contributed by atoms with Gasteiger partial charge in [0, 0.05) is 11.1 Å². The Labute approximate surface area is 87.9 Å². The van der Waals surface area contributed by atoms with Gasteiger partial charge in [-0.25, -0.2) is 0 Å². The highest BCUT2D eigenvalue weighted by Crippen LogP contribution is 2.20. The van der Waals surface area contributed by atoms with Crippen LogP contribution in [0.3, 0.4) is 0 Å². The van der Waals surface area contributed by atoms with Crippen LogP contribution in [0.5, 0.6) is 0 Å². The van der Waals surface area contributed by atoms with Gasteiger partial charge < -0.3 is 5.11 Å². The van der Waals surface area contributed by atoms with Crippen LogP contribution in [-0.2, 0) is 12.8 Å². The molecule has 1 aromatic rings. The third-order valence-electron chi connectivity index (χ3n) is 2.04. The highest BCUT2D eigenvalue weighted by atomic mass is 79.9. The molecule has 13 heavy (non-hydrogen) atoms. The van der Waals surface area contributed by atoms with Crippen molar-refractivity contribution in [2.45, 2.75) is 26.2 Å². The van der Waals surface area contributed by atoms with Gasteiger partial charge in [0.1, 0.15) is 0 Å². The third kappa shape index (κ3) is 3.12. The topological polar surface area (TPSA) is 20.2 Å². The maximum Gasteiger partial charge on any atom is 0.0471 e. The van der Waals surface area contributed by atoms with E-state index in [1.54, 1.807) is 0 Å². The molecule has 0 unspecified atom stereocenters. The third-order valence-corrected chi connectivity index (χ3v) is 2.78. The molecular weight excluding hydrogens is 228 g/mol. The molecule has 0 spiro atoms. The fraction of sp³-hybridized carbons (Fsp3) is 0.455. The summed E-state index contributed by atoms with van der Waals surface area (Å²) in [6.07, 6.45) is 3.02. The van der Waals surface area contributed by atoms with Crippen LogP contribution < -0.4 is 0 Å². The highest BCUT2D eigenvalue weighted by molar-refractivity contribution is 9.10. The van der Waals surface area contributed by atoms with E-state index in [4.69, 9.17) is 5.11 Å². The molecule has 0 saturated carbocycles. The molecule has 72 valence electrons. The molecule has 0 aliphatic carbocycles. The van der Waals surface area contributed by atoms with Gasteiger partial charge in [-0.15, -0.1) is 0 Å². The van der Waals surface area contributed by atoms with Crippen molar-refractivity contribution in [3.63, 3.8) is 0 Å². The molecule has 0 amide bonds. The molecule has 0 bridgehead atoms. The number of benzene rings is 1. The van der Waals surface area contributed by atoms with E-state index in [0.717, 1.165) is 19.3 Å².